The zero-order chi connectivity index (χ0) is 23.7. The third-order valence-corrected chi connectivity index (χ3v) is 6.17. The van der Waals surface area contributed by atoms with Crippen molar-refractivity contribution in [3.8, 4) is 11.6 Å². The molecule has 182 valence electrons. The van der Waals surface area contributed by atoms with E-state index in [0.29, 0.717) is 18.2 Å². The van der Waals surface area contributed by atoms with Crippen LogP contribution in [0.5, 0.6) is 11.6 Å². The van der Waals surface area contributed by atoms with Crippen molar-refractivity contribution in [1.82, 2.24) is 9.78 Å². The Morgan fingerprint density at radius 1 is 1.09 bits per heavy atom. The van der Waals surface area contributed by atoms with Gasteiger partial charge in [0.25, 0.3) is 0 Å². The summed E-state index contributed by atoms with van der Waals surface area (Å²) in [5.41, 5.74) is 2.85. The van der Waals surface area contributed by atoms with Crippen molar-refractivity contribution in [3.63, 3.8) is 0 Å². The summed E-state index contributed by atoms with van der Waals surface area (Å²) in [6.45, 7) is 6.22. The molecule has 2 aliphatic rings. The van der Waals surface area contributed by atoms with Gasteiger partial charge in [-0.2, -0.15) is 0 Å². The van der Waals surface area contributed by atoms with Gasteiger partial charge in [0.05, 0.1) is 12.7 Å². The molecule has 33 heavy (non-hydrogen) atoms. The molecular weight excluding hydrogens is 428 g/mol. The topological polar surface area (TPSA) is 126 Å². The number of benzene rings is 1. The van der Waals surface area contributed by atoms with Crippen molar-refractivity contribution in [2.75, 3.05) is 6.61 Å². The van der Waals surface area contributed by atoms with Gasteiger partial charge in [-0.05, 0) is 57.2 Å². The van der Waals surface area contributed by atoms with Crippen LogP contribution in [-0.2, 0) is 17.7 Å². The van der Waals surface area contributed by atoms with Crippen LogP contribution in [0.2, 0.25) is 0 Å². The van der Waals surface area contributed by atoms with E-state index < -0.39 is 37.3 Å². The van der Waals surface area contributed by atoms with Gasteiger partial charge in [-0.3, -0.25) is 4.68 Å². The molecule has 1 saturated carbocycles. The largest absolute Gasteiger partial charge is 0.491 e. The number of rotatable bonds is 9. The van der Waals surface area contributed by atoms with Crippen molar-refractivity contribution >= 4 is 0 Å². The third-order valence-electron chi connectivity index (χ3n) is 6.17. The summed E-state index contributed by atoms with van der Waals surface area (Å²) in [4.78, 5) is 0. The fourth-order valence-electron chi connectivity index (χ4n) is 4.01. The van der Waals surface area contributed by atoms with E-state index in [-0.39, 0.29) is 6.10 Å². The molecule has 0 spiro atoms. The van der Waals surface area contributed by atoms with Crippen LogP contribution >= 0.6 is 0 Å². The average Bonchev–Trinajstić information content (AvgIpc) is 3.56. The zero-order valence-corrected chi connectivity index (χ0v) is 19.3. The predicted octanol–water partition coefficient (Wildman–Crippen LogP) is 1.16. The summed E-state index contributed by atoms with van der Waals surface area (Å²) >= 11 is 0. The van der Waals surface area contributed by atoms with Gasteiger partial charge in [-0.1, -0.05) is 12.1 Å². The molecule has 0 radical (unpaired) electrons. The number of aliphatic hydroxyl groups is 4. The summed E-state index contributed by atoms with van der Waals surface area (Å²) in [6, 6.07) is 7.84. The van der Waals surface area contributed by atoms with Gasteiger partial charge in [0.15, 0.2) is 0 Å². The Kier molecular flexibility index (Phi) is 7.25. The molecule has 1 saturated heterocycles. The van der Waals surface area contributed by atoms with Gasteiger partial charge in [0, 0.05) is 24.2 Å². The van der Waals surface area contributed by atoms with Crippen molar-refractivity contribution < 1.29 is 34.6 Å². The first-order valence-electron chi connectivity index (χ1n) is 11.6. The lowest BCUT2D eigenvalue weighted by atomic mass is 9.99. The molecule has 1 aromatic carbocycles. The average molecular weight is 463 g/mol. The van der Waals surface area contributed by atoms with Gasteiger partial charge >= 0.3 is 0 Å². The van der Waals surface area contributed by atoms with E-state index in [2.05, 4.69) is 5.10 Å². The lowest BCUT2D eigenvalue weighted by Crippen LogP contribution is -2.60. The fourth-order valence-corrected chi connectivity index (χ4v) is 4.01. The maximum atomic E-state index is 10.4. The van der Waals surface area contributed by atoms with Gasteiger partial charge in [0.2, 0.25) is 12.2 Å². The van der Waals surface area contributed by atoms with Crippen LogP contribution < -0.4 is 9.47 Å². The molecule has 2 heterocycles. The highest BCUT2D eigenvalue weighted by atomic mass is 16.7. The third kappa shape index (κ3) is 5.50. The number of nitrogens with zero attached hydrogens (tertiary/aromatic N) is 2. The Hall–Kier alpha value is -2.17. The van der Waals surface area contributed by atoms with E-state index >= 15 is 0 Å². The highest BCUT2D eigenvalue weighted by Gasteiger charge is 2.45. The molecule has 9 heteroatoms. The van der Waals surface area contributed by atoms with Gasteiger partial charge < -0.3 is 34.6 Å². The molecule has 0 bridgehead atoms. The predicted molar refractivity (Wildman–Crippen MR) is 119 cm³/mol. The van der Waals surface area contributed by atoms with E-state index in [4.69, 9.17) is 14.2 Å². The van der Waals surface area contributed by atoms with Crippen LogP contribution in [-0.4, -0.2) is 73.6 Å². The minimum absolute atomic E-state index is 0.0947. The van der Waals surface area contributed by atoms with Crippen LogP contribution in [0.3, 0.4) is 0 Å². The Labute approximate surface area is 193 Å². The Balaban J connectivity index is 1.57. The summed E-state index contributed by atoms with van der Waals surface area (Å²) in [6.07, 6.45) is -3.76. The zero-order valence-electron chi connectivity index (χ0n) is 19.3. The minimum atomic E-state index is -1.51. The monoisotopic (exact) mass is 462 g/mol. The molecule has 0 amide bonds. The Bertz CT molecular complexity index is 924. The number of ether oxygens (including phenoxy) is 3. The molecule has 4 N–H and O–H groups in total. The fraction of sp³-hybridized carbons (Fsp3) is 0.625. The van der Waals surface area contributed by atoms with Gasteiger partial charge in [-0.15, -0.1) is 5.10 Å². The van der Waals surface area contributed by atoms with Crippen molar-refractivity contribution in [2.24, 2.45) is 5.92 Å². The van der Waals surface area contributed by atoms with E-state index in [0.717, 1.165) is 29.1 Å². The number of hydrogen-bond acceptors (Lipinski definition) is 8. The second-order valence-electron chi connectivity index (χ2n) is 9.30. The van der Waals surface area contributed by atoms with Gasteiger partial charge in [0.1, 0.15) is 30.2 Å². The molecule has 2 aromatic rings. The van der Waals surface area contributed by atoms with Crippen LogP contribution in [0, 0.1) is 12.8 Å². The van der Waals surface area contributed by atoms with Crippen LogP contribution in [0.15, 0.2) is 24.3 Å². The lowest BCUT2D eigenvalue weighted by Gasteiger charge is -2.39. The SMILES string of the molecule is Cc1c(Cc2ccc(OC(C)C)cc2)c(O[C@@H]2O[C@H](CO)[C@@H](O)[C@H](O)[C@H]2O)nn1CC1CC1. The molecule has 1 aliphatic carbocycles. The van der Waals surface area contributed by atoms with E-state index in [1.807, 2.05) is 49.7 Å². The standard InChI is InChI=1S/C24H34N2O7/c1-13(2)31-17-8-6-15(7-9-17)10-18-14(3)26(11-16-4-5-16)25-23(18)33-24-22(30)21(29)20(28)19(12-27)32-24/h6-9,13,16,19-22,24,27-30H,4-5,10-12H2,1-3H3/t19-,20-,21+,22-,24+/m1/s1. The number of aliphatic hydroxyl groups excluding tert-OH is 4. The first kappa shape index (κ1) is 24.0. The van der Waals surface area contributed by atoms with Crippen LogP contribution in [0.1, 0.15) is 43.5 Å². The minimum Gasteiger partial charge on any atom is -0.491 e. The van der Waals surface area contributed by atoms with Crippen molar-refractivity contribution in [1.29, 1.82) is 0 Å². The number of hydrogen-bond donors (Lipinski definition) is 4. The lowest BCUT2D eigenvalue weighted by molar-refractivity contribution is -0.278. The smallest absolute Gasteiger partial charge is 0.239 e. The maximum absolute atomic E-state index is 10.4. The van der Waals surface area contributed by atoms with Crippen molar-refractivity contribution in [2.45, 2.75) is 83.4 Å². The van der Waals surface area contributed by atoms with Crippen LogP contribution in [0.4, 0.5) is 0 Å². The first-order valence-corrected chi connectivity index (χ1v) is 11.6. The molecule has 2 fully saturated rings. The molecule has 5 atom stereocenters. The molecule has 0 unspecified atom stereocenters. The Morgan fingerprint density at radius 3 is 2.39 bits per heavy atom. The maximum Gasteiger partial charge on any atom is 0.239 e. The molecule has 9 nitrogen and oxygen atoms in total. The second kappa shape index (κ2) is 9.99. The summed E-state index contributed by atoms with van der Waals surface area (Å²) < 4.78 is 19.1. The summed E-state index contributed by atoms with van der Waals surface area (Å²) in [7, 11) is 0. The summed E-state index contributed by atoms with van der Waals surface area (Å²) in [5.74, 6) is 1.71. The molecular formula is C24H34N2O7. The normalized spacial score (nSPS) is 27.7. The van der Waals surface area contributed by atoms with E-state index in [9.17, 15) is 20.4 Å². The molecule has 1 aromatic heterocycles. The Morgan fingerprint density at radius 2 is 1.79 bits per heavy atom. The highest BCUT2D eigenvalue weighted by Crippen LogP contribution is 2.34. The summed E-state index contributed by atoms with van der Waals surface area (Å²) in [5, 5.41) is 44.7. The molecule has 1 aliphatic heterocycles. The second-order valence-corrected chi connectivity index (χ2v) is 9.30. The molecule has 4 rings (SSSR count). The first-order chi connectivity index (χ1) is 15.8. The van der Waals surface area contributed by atoms with Crippen molar-refractivity contribution in [3.05, 3.63) is 41.1 Å². The van der Waals surface area contributed by atoms with Crippen LogP contribution in [0.25, 0.3) is 0 Å². The quantitative estimate of drug-likeness (QED) is 0.437. The van der Waals surface area contributed by atoms with Gasteiger partial charge in [-0.25, -0.2) is 0 Å². The number of aromatic nitrogens is 2. The highest BCUT2D eigenvalue weighted by molar-refractivity contribution is 5.38. The van der Waals surface area contributed by atoms with E-state index in [1.54, 1.807) is 0 Å². The van der Waals surface area contributed by atoms with E-state index in [1.165, 1.54) is 12.8 Å².